The van der Waals surface area contributed by atoms with Crippen LogP contribution in [0.5, 0.6) is 0 Å². The lowest BCUT2D eigenvalue weighted by Gasteiger charge is -2.02. The second-order valence-corrected chi connectivity index (χ2v) is 2.59. The lowest BCUT2D eigenvalue weighted by atomic mass is 10.1. The van der Waals surface area contributed by atoms with E-state index in [0.29, 0.717) is 0 Å². The van der Waals surface area contributed by atoms with E-state index in [1.807, 2.05) is 19.9 Å². The zero-order valence-electron chi connectivity index (χ0n) is 6.76. The first-order valence-corrected chi connectivity index (χ1v) is 3.42. The van der Waals surface area contributed by atoms with E-state index in [1.165, 1.54) is 0 Å². The summed E-state index contributed by atoms with van der Waals surface area (Å²) in [7, 11) is 0. The first-order valence-electron chi connectivity index (χ1n) is 3.42. The van der Waals surface area contributed by atoms with Gasteiger partial charge in [0.25, 0.3) is 0 Å². The van der Waals surface area contributed by atoms with Gasteiger partial charge in [-0.15, -0.1) is 0 Å². The van der Waals surface area contributed by atoms with Crippen LogP contribution in [0.4, 0.5) is 0 Å². The maximum Gasteiger partial charge on any atom is 0.117 e. The summed E-state index contributed by atoms with van der Waals surface area (Å²) in [5.41, 5.74) is 2.67. The fraction of sp³-hybridized carbons (Fsp3) is 0.222. The highest BCUT2D eigenvalue weighted by Crippen LogP contribution is 2.13. The third-order valence-corrected chi connectivity index (χ3v) is 1.56. The van der Waals surface area contributed by atoms with Gasteiger partial charge >= 0.3 is 0 Å². The van der Waals surface area contributed by atoms with E-state index in [0.717, 1.165) is 16.8 Å². The third kappa shape index (κ3) is 1.58. The molecule has 1 aromatic heterocycles. The minimum absolute atomic E-state index is 0.0787. The molecule has 58 valence electrons. The molecule has 0 saturated carbocycles. The smallest absolute Gasteiger partial charge is 0.117 e. The molecule has 1 N–H and O–H groups in total. The molecule has 0 amide bonds. The molecule has 0 fully saturated rings. The Hall–Kier alpha value is -1.31. The molecule has 0 unspecified atom stereocenters. The molecule has 11 heavy (non-hydrogen) atoms. The van der Waals surface area contributed by atoms with Gasteiger partial charge in [0.2, 0.25) is 0 Å². The Morgan fingerprint density at radius 1 is 1.55 bits per heavy atom. The molecule has 0 spiro atoms. The summed E-state index contributed by atoms with van der Waals surface area (Å²) in [5.74, 6) is 0.0787. The predicted molar refractivity (Wildman–Crippen MR) is 45.4 cm³/mol. The van der Waals surface area contributed by atoms with Crippen LogP contribution in [0.1, 0.15) is 16.8 Å². The number of aromatic nitrogens is 1. The zero-order valence-corrected chi connectivity index (χ0v) is 6.76. The van der Waals surface area contributed by atoms with Crippen LogP contribution in [-0.4, -0.2) is 10.1 Å². The summed E-state index contributed by atoms with van der Waals surface area (Å²) < 4.78 is 0. The molecule has 2 heteroatoms. The van der Waals surface area contributed by atoms with Gasteiger partial charge in [-0.25, -0.2) is 0 Å². The number of nitrogens with zero attached hydrogens (tertiary/aromatic N) is 1. The molecule has 0 aliphatic heterocycles. The Labute approximate surface area is 66.2 Å². The molecule has 1 aromatic rings. The molecule has 0 bridgehead atoms. The average Bonchev–Trinajstić information content (AvgIpc) is 1.85. The van der Waals surface area contributed by atoms with Gasteiger partial charge in [0.15, 0.2) is 0 Å². The third-order valence-electron chi connectivity index (χ3n) is 1.56. The van der Waals surface area contributed by atoms with Crippen LogP contribution >= 0.6 is 0 Å². The maximum absolute atomic E-state index is 9.06. The molecule has 0 atom stereocenters. The van der Waals surface area contributed by atoms with Gasteiger partial charge in [-0.05, 0) is 25.5 Å². The van der Waals surface area contributed by atoms with Gasteiger partial charge in [-0.1, -0.05) is 6.58 Å². The second kappa shape index (κ2) is 2.74. The molecule has 1 heterocycles. The van der Waals surface area contributed by atoms with Crippen molar-refractivity contribution >= 4 is 5.76 Å². The van der Waals surface area contributed by atoms with Crippen LogP contribution in [0.25, 0.3) is 5.76 Å². The van der Waals surface area contributed by atoms with Crippen LogP contribution in [0.3, 0.4) is 0 Å². The van der Waals surface area contributed by atoms with Crippen molar-refractivity contribution in [2.24, 2.45) is 0 Å². The topological polar surface area (TPSA) is 33.1 Å². The van der Waals surface area contributed by atoms with E-state index in [9.17, 15) is 0 Å². The van der Waals surface area contributed by atoms with E-state index in [4.69, 9.17) is 5.11 Å². The molecular weight excluding hydrogens is 138 g/mol. The van der Waals surface area contributed by atoms with Crippen molar-refractivity contribution in [1.29, 1.82) is 0 Å². The number of hydrogen-bond acceptors (Lipinski definition) is 2. The molecule has 0 aliphatic carbocycles. The van der Waals surface area contributed by atoms with Crippen molar-refractivity contribution in [1.82, 2.24) is 4.98 Å². The van der Waals surface area contributed by atoms with Gasteiger partial charge in [0.05, 0.1) is 0 Å². The van der Waals surface area contributed by atoms with Crippen molar-refractivity contribution < 1.29 is 5.11 Å². The number of aryl methyl sites for hydroxylation is 2. The van der Waals surface area contributed by atoms with Crippen molar-refractivity contribution in [3.8, 4) is 0 Å². The monoisotopic (exact) mass is 149 g/mol. The first kappa shape index (κ1) is 7.79. The van der Waals surface area contributed by atoms with E-state index in [-0.39, 0.29) is 5.76 Å². The minimum Gasteiger partial charge on any atom is -0.508 e. The fourth-order valence-corrected chi connectivity index (χ4v) is 0.999. The lowest BCUT2D eigenvalue weighted by molar-refractivity contribution is 0.513. The Morgan fingerprint density at radius 3 is 2.64 bits per heavy atom. The number of hydrogen-bond donors (Lipinski definition) is 1. The summed E-state index contributed by atoms with van der Waals surface area (Å²) >= 11 is 0. The Bertz CT molecular complexity index is 292. The van der Waals surface area contributed by atoms with Crippen molar-refractivity contribution in [2.45, 2.75) is 13.8 Å². The Kier molecular flexibility index (Phi) is 1.94. The molecular formula is C9H11NO. The lowest BCUT2D eigenvalue weighted by Crippen LogP contribution is -1.90. The number of rotatable bonds is 1. The van der Waals surface area contributed by atoms with E-state index < -0.39 is 0 Å². The SMILES string of the molecule is C=C(O)c1cnc(C)cc1C. The highest BCUT2D eigenvalue weighted by Gasteiger charge is 2.00. The number of aliphatic hydroxyl groups excluding tert-OH is 1. The van der Waals surface area contributed by atoms with Crippen molar-refractivity contribution in [3.05, 3.63) is 35.7 Å². The molecule has 0 aromatic carbocycles. The summed E-state index contributed by atoms with van der Waals surface area (Å²) in [6.07, 6.45) is 1.63. The van der Waals surface area contributed by atoms with Crippen LogP contribution in [0.15, 0.2) is 18.8 Å². The number of aliphatic hydroxyl groups is 1. The van der Waals surface area contributed by atoms with Gasteiger partial charge in [-0.3, -0.25) is 4.98 Å². The standard InChI is InChI=1S/C9H11NO/c1-6-4-7(2)10-5-9(6)8(3)11/h4-5,11H,3H2,1-2H3. The average molecular weight is 149 g/mol. The first-order chi connectivity index (χ1) is 5.11. The normalized spacial score (nSPS) is 9.64. The van der Waals surface area contributed by atoms with Crippen LogP contribution in [0, 0.1) is 13.8 Å². The maximum atomic E-state index is 9.06. The minimum atomic E-state index is 0.0787. The Balaban J connectivity index is 3.20. The van der Waals surface area contributed by atoms with Crippen molar-refractivity contribution in [3.63, 3.8) is 0 Å². The van der Waals surface area contributed by atoms with Crippen LogP contribution < -0.4 is 0 Å². The van der Waals surface area contributed by atoms with Gasteiger partial charge in [0.1, 0.15) is 5.76 Å². The predicted octanol–water partition coefficient (Wildman–Crippen LogP) is 2.23. The zero-order chi connectivity index (χ0) is 8.43. The number of pyridine rings is 1. The Morgan fingerprint density at radius 2 is 2.18 bits per heavy atom. The van der Waals surface area contributed by atoms with Crippen LogP contribution in [-0.2, 0) is 0 Å². The quantitative estimate of drug-likeness (QED) is 0.621. The van der Waals surface area contributed by atoms with E-state index in [2.05, 4.69) is 11.6 Å². The summed E-state index contributed by atoms with van der Waals surface area (Å²) in [5, 5.41) is 9.06. The van der Waals surface area contributed by atoms with Gasteiger partial charge in [-0.2, -0.15) is 0 Å². The van der Waals surface area contributed by atoms with Gasteiger partial charge < -0.3 is 5.11 Å². The fourth-order valence-electron chi connectivity index (χ4n) is 0.999. The summed E-state index contributed by atoms with van der Waals surface area (Å²) in [6.45, 7) is 7.27. The summed E-state index contributed by atoms with van der Waals surface area (Å²) in [4.78, 5) is 4.04. The van der Waals surface area contributed by atoms with E-state index >= 15 is 0 Å². The molecule has 0 aliphatic rings. The highest BCUT2D eigenvalue weighted by molar-refractivity contribution is 5.58. The molecule has 0 radical (unpaired) electrons. The molecule has 0 saturated heterocycles. The van der Waals surface area contributed by atoms with Gasteiger partial charge in [0, 0.05) is 17.5 Å². The second-order valence-electron chi connectivity index (χ2n) is 2.59. The molecule has 1 rings (SSSR count). The highest BCUT2D eigenvalue weighted by atomic mass is 16.3. The molecule has 2 nitrogen and oxygen atoms in total. The largest absolute Gasteiger partial charge is 0.508 e. The van der Waals surface area contributed by atoms with Crippen molar-refractivity contribution in [2.75, 3.05) is 0 Å². The van der Waals surface area contributed by atoms with Crippen LogP contribution in [0.2, 0.25) is 0 Å². The van der Waals surface area contributed by atoms with E-state index in [1.54, 1.807) is 6.20 Å². The summed E-state index contributed by atoms with van der Waals surface area (Å²) in [6, 6.07) is 1.91.